The first-order chi connectivity index (χ1) is 8.72. The molecule has 1 fully saturated rings. The van der Waals surface area contributed by atoms with Gasteiger partial charge in [0, 0.05) is 25.2 Å². The van der Waals surface area contributed by atoms with Crippen LogP contribution in [-0.4, -0.2) is 30.5 Å². The van der Waals surface area contributed by atoms with Crippen LogP contribution in [0, 0.1) is 5.92 Å². The molecule has 18 heavy (non-hydrogen) atoms. The summed E-state index contributed by atoms with van der Waals surface area (Å²) < 4.78 is 5.60. The first kappa shape index (κ1) is 12.9. The summed E-state index contributed by atoms with van der Waals surface area (Å²) in [5.74, 6) is 2.08. The second-order valence-corrected chi connectivity index (χ2v) is 4.65. The third-order valence-corrected chi connectivity index (χ3v) is 3.35. The Morgan fingerprint density at radius 1 is 1.61 bits per heavy atom. The molecule has 0 aromatic carbocycles. The number of piperidine rings is 1. The Hall–Kier alpha value is -1.58. The number of pyridine rings is 1. The van der Waals surface area contributed by atoms with Gasteiger partial charge in [0.05, 0.1) is 6.61 Å². The fourth-order valence-corrected chi connectivity index (χ4v) is 2.39. The van der Waals surface area contributed by atoms with Crippen molar-refractivity contribution >= 4 is 11.6 Å². The van der Waals surface area contributed by atoms with E-state index in [0.717, 1.165) is 37.5 Å². The topological polar surface area (TPSA) is 42.4 Å². The summed E-state index contributed by atoms with van der Waals surface area (Å²) in [4.78, 5) is 18.1. The minimum Gasteiger partial charge on any atom is -0.490 e. The maximum atomic E-state index is 11.5. The predicted octanol–water partition coefficient (Wildman–Crippen LogP) is 2.29. The average Bonchev–Trinajstić information content (AvgIpc) is 2.40. The highest BCUT2D eigenvalue weighted by Crippen LogP contribution is 2.29. The zero-order valence-corrected chi connectivity index (χ0v) is 11.1. The minimum atomic E-state index is 0.134. The van der Waals surface area contributed by atoms with Crippen LogP contribution >= 0.6 is 0 Å². The largest absolute Gasteiger partial charge is 0.490 e. The fourth-order valence-electron chi connectivity index (χ4n) is 2.39. The molecule has 0 N–H and O–H groups in total. The molecule has 4 heteroatoms. The summed E-state index contributed by atoms with van der Waals surface area (Å²) in [6.07, 6.45) is 3.80. The van der Waals surface area contributed by atoms with Gasteiger partial charge in [-0.25, -0.2) is 4.98 Å². The number of ether oxygens (including phenoxy) is 1. The molecule has 1 aromatic rings. The second-order valence-electron chi connectivity index (χ2n) is 4.65. The SMILES string of the molecule is CCOc1cccnc1N1CCCC(C(C)=O)C1. The summed E-state index contributed by atoms with van der Waals surface area (Å²) in [5, 5.41) is 0. The Balaban J connectivity index is 2.17. The lowest BCUT2D eigenvalue weighted by Crippen LogP contribution is -2.38. The van der Waals surface area contributed by atoms with Gasteiger partial charge in [0.25, 0.3) is 0 Å². The summed E-state index contributed by atoms with van der Waals surface area (Å²) in [6.45, 7) is 5.97. The number of carbonyl (C=O) groups is 1. The Morgan fingerprint density at radius 2 is 2.44 bits per heavy atom. The van der Waals surface area contributed by atoms with Gasteiger partial charge in [0.15, 0.2) is 11.6 Å². The lowest BCUT2D eigenvalue weighted by molar-refractivity contribution is -0.120. The van der Waals surface area contributed by atoms with E-state index in [9.17, 15) is 4.79 Å². The van der Waals surface area contributed by atoms with E-state index in [2.05, 4.69) is 9.88 Å². The number of nitrogens with zero attached hydrogens (tertiary/aromatic N) is 2. The second kappa shape index (κ2) is 5.85. The van der Waals surface area contributed by atoms with Crippen LogP contribution in [0.25, 0.3) is 0 Å². The molecular weight excluding hydrogens is 228 g/mol. The van der Waals surface area contributed by atoms with E-state index in [1.807, 2.05) is 19.1 Å². The predicted molar refractivity (Wildman–Crippen MR) is 71.0 cm³/mol. The molecule has 1 saturated heterocycles. The van der Waals surface area contributed by atoms with Crippen LogP contribution in [0.15, 0.2) is 18.3 Å². The standard InChI is InChI=1S/C14H20N2O2/c1-3-18-13-7-4-8-15-14(13)16-9-5-6-12(10-16)11(2)17/h4,7-8,12H,3,5-6,9-10H2,1-2H3. The van der Waals surface area contributed by atoms with Gasteiger partial charge >= 0.3 is 0 Å². The summed E-state index contributed by atoms with van der Waals surface area (Å²) in [7, 11) is 0. The molecule has 1 aliphatic heterocycles. The molecule has 2 rings (SSSR count). The molecule has 2 heterocycles. The molecule has 0 bridgehead atoms. The highest BCUT2D eigenvalue weighted by Gasteiger charge is 2.25. The van der Waals surface area contributed by atoms with E-state index < -0.39 is 0 Å². The first-order valence-corrected chi connectivity index (χ1v) is 6.55. The molecular formula is C14H20N2O2. The Kier molecular flexibility index (Phi) is 4.18. The molecule has 1 aliphatic rings. The van der Waals surface area contributed by atoms with Gasteiger partial charge in [-0.3, -0.25) is 4.79 Å². The zero-order valence-electron chi connectivity index (χ0n) is 11.1. The van der Waals surface area contributed by atoms with Crippen molar-refractivity contribution in [1.29, 1.82) is 0 Å². The summed E-state index contributed by atoms with van der Waals surface area (Å²) in [5.41, 5.74) is 0. The van der Waals surface area contributed by atoms with Crippen LogP contribution in [0.5, 0.6) is 5.75 Å². The molecule has 0 aliphatic carbocycles. The molecule has 1 atom stereocenters. The number of anilines is 1. The van der Waals surface area contributed by atoms with Crippen molar-refractivity contribution in [3.63, 3.8) is 0 Å². The van der Waals surface area contributed by atoms with Crippen molar-refractivity contribution in [2.24, 2.45) is 5.92 Å². The Bertz CT molecular complexity index is 420. The Labute approximate surface area is 108 Å². The van der Waals surface area contributed by atoms with Crippen LogP contribution in [0.3, 0.4) is 0 Å². The van der Waals surface area contributed by atoms with Crippen molar-refractivity contribution < 1.29 is 9.53 Å². The first-order valence-electron chi connectivity index (χ1n) is 6.55. The van der Waals surface area contributed by atoms with E-state index in [-0.39, 0.29) is 11.7 Å². The smallest absolute Gasteiger partial charge is 0.171 e. The van der Waals surface area contributed by atoms with Crippen LogP contribution in [0.1, 0.15) is 26.7 Å². The number of rotatable bonds is 4. The molecule has 4 nitrogen and oxygen atoms in total. The minimum absolute atomic E-state index is 0.134. The maximum absolute atomic E-state index is 11.5. The molecule has 0 radical (unpaired) electrons. The quantitative estimate of drug-likeness (QED) is 0.820. The molecule has 0 spiro atoms. The number of ketones is 1. The van der Waals surface area contributed by atoms with Crippen molar-refractivity contribution in [1.82, 2.24) is 4.98 Å². The van der Waals surface area contributed by atoms with Crippen LogP contribution < -0.4 is 9.64 Å². The van der Waals surface area contributed by atoms with Gasteiger partial charge in [-0.1, -0.05) is 0 Å². The number of hydrogen-bond donors (Lipinski definition) is 0. The molecule has 0 amide bonds. The van der Waals surface area contributed by atoms with E-state index in [1.54, 1.807) is 13.1 Å². The number of aromatic nitrogens is 1. The number of Topliss-reactive ketones (excluding diaryl/α,β-unsaturated/α-hetero) is 1. The highest BCUT2D eigenvalue weighted by atomic mass is 16.5. The van der Waals surface area contributed by atoms with Gasteiger partial charge in [-0.05, 0) is 38.8 Å². The normalized spacial score (nSPS) is 19.7. The molecule has 98 valence electrons. The van der Waals surface area contributed by atoms with Crippen molar-refractivity contribution in [2.45, 2.75) is 26.7 Å². The lowest BCUT2D eigenvalue weighted by Gasteiger charge is -2.33. The van der Waals surface area contributed by atoms with Gasteiger partial charge < -0.3 is 9.64 Å². The van der Waals surface area contributed by atoms with Crippen LogP contribution in [0.4, 0.5) is 5.82 Å². The lowest BCUT2D eigenvalue weighted by atomic mass is 9.94. The van der Waals surface area contributed by atoms with Gasteiger partial charge in [-0.2, -0.15) is 0 Å². The van der Waals surface area contributed by atoms with E-state index in [0.29, 0.717) is 6.61 Å². The molecule has 1 aromatic heterocycles. The average molecular weight is 248 g/mol. The van der Waals surface area contributed by atoms with Crippen molar-refractivity contribution in [3.8, 4) is 5.75 Å². The van der Waals surface area contributed by atoms with Gasteiger partial charge in [0.1, 0.15) is 5.78 Å². The van der Waals surface area contributed by atoms with Gasteiger partial charge in [-0.15, -0.1) is 0 Å². The summed E-state index contributed by atoms with van der Waals surface area (Å²) in [6, 6.07) is 3.81. The number of hydrogen-bond acceptors (Lipinski definition) is 4. The number of carbonyl (C=O) groups excluding carboxylic acids is 1. The zero-order chi connectivity index (χ0) is 13.0. The van der Waals surface area contributed by atoms with E-state index in [1.165, 1.54) is 0 Å². The van der Waals surface area contributed by atoms with E-state index >= 15 is 0 Å². The van der Waals surface area contributed by atoms with E-state index in [4.69, 9.17) is 4.74 Å². The van der Waals surface area contributed by atoms with Crippen LogP contribution in [-0.2, 0) is 4.79 Å². The molecule has 0 saturated carbocycles. The van der Waals surface area contributed by atoms with Gasteiger partial charge in [0.2, 0.25) is 0 Å². The fraction of sp³-hybridized carbons (Fsp3) is 0.571. The molecule has 1 unspecified atom stereocenters. The highest BCUT2D eigenvalue weighted by molar-refractivity contribution is 5.79. The van der Waals surface area contributed by atoms with Crippen molar-refractivity contribution in [2.75, 3.05) is 24.6 Å². The van der Waals surface area contributed by atoms with Crippen LogP contribution in [0.2, 0.25) is 0 Å². The third-order valence-electron chi connectivity index (χ3n) is 3.35. The van der Waals surface area contributed by atoms with Crippen molar-refractivity contribution in [3.05, 3.63) is 18.3 Å². The summed E-state index contributed by atoms with van der Waals surface area (Å²) >= 11 is 0. The third kappa shape index (κ3) is 2.81. The monoisotopic (exact) mass is 248 g/mol. The Morgan fingerprint density at radius 3 is 3.17 bits per heavy atom. The maximum Gasteiger partial charge on any atom is 0.171 e.